The zero-order valence-electron chi connectivity index (χ0n) is 14.1. The summed E-state index contributed by atoms with van der Waals surface area (Å²) in [5, 5.41) is 3.46. The first-order chi connectivity index (χ1) is 10.0. The molecule has 120 valence electrons. The van der Waals surface area contributed by atoms with Crippen LogP contribution in [0.2, 0.25) is 0 Å². The maximum atomic E-state index is 5.92. The Morgan fingerprint density at radius 3 is 2.62 bits per heavy atom. The van der Waals surface area contributed by atoms with Crippen LogP contribution >= 0.6 is 0 Å². The van der Waals surface area contributed by atoms with E-state index in [4.69, 9.17) is 9.47 Å². The van der Waals surface area contributed by atoms with E-state index in [0.29, 0.717) is 5.92 Å². The summed E-state index contributed by atoms with van der Waals surface area (Å²) in [5.74, 6) is 2.46. The first-order valence-electron chi connectivity index (χ1n) is 7.68. The molecule has 0 aliphatic rings. The van der Waals surface area contributed by atoms with Crippen molar-refractivity contribution in [2.75, 3.05) is 40.9 Å². The van der Waals surface area contributed by atoms with Gasteiger partial charge in [-0.05, 0) is 51.2 Å². The predicted octanol–water partition coefficient (Wildman–Crippen LogP) is 2.77. The van der Waals surface area contributed by atoms with Crippen molar-refractivity contribution in [1.82, 2.24) is 10.2 Å². The molecule has 0 saturated heterocycles. The first kappa shape index (κ1) is 17.8. The Labute approximate surface area is 129 Å². The lowest BCUT2D eigenvalue weighted by Gasteiger charge is -2.15. The topological polar surface area (TPSA) is 33.7 Å². The fourth-order valence-corrected chi connectivity index (χ4v) is 2.02. The minimum Gasteiger partial charge on any atom is -0.497 e. The molecule has 0 saturated carbocycles. The van der Waals surface area contributed by atoms with Gasteiger partial charge in [0.1, 0.15) is 11.5 Å². The molecule has 0 amide bonds. The van der Waals surface area contributed by atoms with Crippen molar-refractivity contribution in [2.24, 2.45) is 5.92 Å². The second kappa shape index (κ2) is 9.64. The van der Waals surface area contributed by atoms with Crippen molar-refractivity contribution in [3.8, 4) is 11.5 Å². The van der Waals surface area contributed by atoms with Gasteiger partial charge in [0.15, 0.2) is 0 Å². The molecule has 0 aromatic heterocycles. The summed E-state index contributed by atoms with van der Waals surface area (Å²) in [4.78, 5) is 2.17. The van der Waals surface area contributed by atoms with E-state index in [-0.39, 0.29) is 0 Å². The van der Waals surface area contributed by atoms with E-state index >= 15 is 0 Å². The highest BCUT2D eigenvalue weighted by Gasteiger charge is 2.06. The standard InChI is InChI=1S/C17H30N2O2/c1-14(2)12-18-13-15-11-16(20-5)7-8-17(15)21-10-6-9-19(3)4/h7-8,11,14,18H,6,9-10,12-13H2,1-5H3. The zero-order chi connectivity index (χ0) is 15.7. The molecule has 0 atom stereocenters. The van der Waals surface area contributed by atoms with Crippen molar-refractivity contribution >= 4 is 0 Å². The van der Waals surface area contributed by atoms with Gasteiger partial charge in [0, 0.05) is 18.7 Å². The number of nitrogens with zero attached hydrogens (tertiary/aromatic N) is 1. The minimum absolute atomic E-state index is 0.639. The van der Waals surface area contributed by atoms with Crippen molar-refractivity contribution in [3.63, 3.8) is 0 Å². The van der Waals surface area contributed by atoms with Crippen molar-refractivity contribution < 1.29 is 9.47 Å². The molecule has 0 aliphatic heterocycles. The Kier molecular flexibility index (Phi) is 8.16. The van der Waals surface area contributed by atoms with Crippen LogP contribution in [0.4, 0.5) is 0 Å². The summed E-state index contributed by atoms with van der Waals surface area (Å²) >= 11 is 0. The van der Waals surface area contributed by atoms with Gasteiger partial charge in [-0.2, -0.15) is 0 Å². The predicted molar refractivity (Wildman–Crippen MR) is 88.2 cm³/mol. The van der Waals surface area contributed by atoms with Crippen LogP contribution in [0.3, 0.4) is 0 Å². The van der Waals surface area contributed by atoms with Gasteiger partial charge < -0.3 is 19.7 Å². The quantitative estimate of drug-likeness (QED) is 0.673. The SMILES string of the molecule is COc1ccc(OCCCN(C)C)c(CNCC(C)C)c1. The van der Waals surface area contributed by atoms with E-state index in [2.05, 4.69) is 44.2 Å². The maximum Gasteiger partial charge on any atom is 0.124 e. The summed E-state index contributed by atoms with van der Waals surface area (Å²) in [5.41, 5.74) is 1.15. The van der Waals surface area contributed by atoms with Crippen LogP contribution in [0.1, 0.15) is 25.8 Å². The molecule has 0 heterocycles. The molecule has 1 aromatic carbocycles. The normalized spacial score (nSPS) is 11.2. The Bertz CT molecular complexity index is 406. The molecular weight excluding hydrogens is 264 g/mol. The number of ether oxygens (including phenoxy) is 2. The lowest BCUT2D eigenvalue weighted by molar-refractivity contribution is 0.278. The van der Waals surface area contributed by atoms with E-state index < -0.39 is 0 Å². The van der Waals surface area contributed by atoms with E-state index in [1.807, 2.05) is 12.1 Å². The number of benzene rings is 1. The third-order valence-corrected chi connectivity index (χ3v) is 3.14. The van der Waals surface area contributed by atoms with Gasteiger partial charge in [-0.3, -0.25) is 0 Å². The molecule has 1 rings (SSSR count). The molecule has 21 heavy (non-hydrogen) atoms. The molecule has 4 heteroatoms. The number of nitrogens with one attached hydrogen (secondary N) is 1. The number of methoxy groups -OCH3 is 1. The van der Waals surface area contributed by atoms with Gasteiger partial charge in [-0.15, -0.1) is 0 Å². The third kappa shape index (κ3) is 7.34. The van der Waals surface area contributed by atoms with Crippen LogP contribution in [-0.2, 0) is 6.54 Å². The van der Waals surface area contributed by atoms with Crippen molar-refractivity contribution in [3.05, 3.63) is 23.8 Å². The van der Waals surface area contributed by atoms with Crippen LogP contribution in [0.15, 0.2) is 18.2 Å². The van der Waals surface area contributed by atoms with Gasteiger partial charge in [0.25, 0.3) is 0 Å². The lowest BCUT2D eigenvalue weighted by atomic mass is 10.1. The van der Waals surface area contributed by atoms with Crippen molar-refractivity contribution in [1.29, 1.82) is 0 Å². The van der Waals surface area contributed by atoms with Gasteiger partial charge in [0.2, 0.25) is 0 Å². The molecular formula is C17H30N2O2. The summed E-state index contributed by atoms with van der Waals surface area (Å²) in [7, 11) is 5.85. The fourth-order valence-electron chi connectivity index (χ4n) is 2.02. The number of rotatable bonds is 10. The maximum absolute atomic E-state index is 5.92. The van der Waals surface area contributed by atoms with E-state index in [9.17, 15) is 0 Å². The first-order valence-corrected chi connectivity index (χ1v) is 7.68. The largest absolute Gasteiger partial charge is 0.497 e. The molecule has 0 aliphatic carbocycles. The average molecular weight is 294 g/mol. The summed E-state index contributed by atoms with van der Waals surface area (Å²) in [6, 6.07) is 6.00. The second-order valence-corrected chi connectivity index (χ2v) is 6.00. The molecule has 1 N–H and O–H groups in total. The molecule has 0 unspecified atom stereocenters. The van der Waals surface area contributed by atoms with Crippen LogP contribution < -0.4 is 14.8 Å². The number of hydrogen-bond donors (Lipinski definition) is 1. The van der Waals surface area contributed by atoms with Crippen LogP contribution in [0.5, 0.6) is 11.5 Å². The molecule has 0 spiro atoms. The monoisotopic (exact) mass is 294 g/mol. The van der Waals surface area contributed by atoms with E-state index in [1.165, 1.54) is 0 Å². The second-order valence-electron chi connectivity index (χ2n) is 6.00. The van der Waals surface area contributed by atoms with E-state index in [1.54, 1.807) is 7.11 Å². The highest BCUT2D eigenvalue weighted by atomic mass is 16.5. The third-order valence-electron chi connectivity index (χ3n) is 3.14. The Hall–Kier alpha value is -1.26. The zero-order valence-corrected chi connectivity index (χ0v) is 14.1. The average Bonchev–Trinajstić information content (AvgIpc) is 2.44. The molecule has 0 fully saturated rings. The van der Waals surface area contributed by atoms with Crippen molar-refractivity contribution in [2.45, 2.75) is 26.8 Å². The molecule has 1 aromatic rings. The highest BCUT2D eigenvalue weighted by molar-refractivity contribution is 5.40. The Morgan fingerprint density at radius 1 is 1.24 bits per heavy atom. The molecule has 0 radical (unpaired) electrons. The smallest absolute Gasteiger partial charge is 0.124 e. The van der Waals surface area contributed by atoms with Crippen LogP contribution in [0, 0.1) is 5.92 Å². The summed E-state index contributed by atoms with van der Waals surface area (Å²) in [6.07, 6.45) is 1.03. The van der Waals surface area contributed by atoms with Crippen LogP contribution in [0.25, 0.3) is 0 Å². The molecule has 0 bridgehead atoms. The lowest BCUT2D eigenvalue weighted by Crippen LogP contribution is -2.20. The van der Waals surface area contributed by atoms with Gasteiger partial charge in [-0.25, -0.2) is 0 Å². The summed E-state index contributed by atoms with van der Waals surface area (Å²) in [6.45, 7) is 7.99. The van der Waals surface area contributed by atoms with Gasteiger partial charge >= 0.3 is 0 Å². The van der Waals surface area contributed by atoms with Gasteiger partial charge in [-0.1, -0.05) is 13.8 Å². The highest BCUT2D eigenvalue weighted by Crippen LogP contribution is 2.24. The van der Waals surface area contributed by atoms with Crippen LogP contribution in [-0.4, -0.2) is 45.8 Å². The van der Waals surface area contributed by atoms with Gasteiger partial charge in [0.05, 0.1) is 13.7 Å². The van der Waals surface area contributed by atoms with E-state index in [0.717, 1.165) is 49.7 Å². The minimum atomic E-state index is 0.639. The fraction of sp³-hybridized carbons (Fsp3) is 0.647. The Morgan fingerprint density at radius 2 is 2.00 bits per heavy atom. The number of hydrogen-bond acceptors (Lipinski definition) is 4. The summed E-state index contributed by atoms with van der Waals surface area (Å²) < 4.78 is 11.2. The Balaban J connectivity index is 2.58. The molecule has 4 nitrogen and oxygen atoms in total.